The summed E-state index contributed by atoms with van der Waals surface area (Å²) in [7, 11) is 0. The number of benzene rings is 3. The molecule has 0 unspecified atom stereocenters. The van der Waals surface area contributed by atoms with E-state index >= 15 is 0 Å². The van der Waals surface area contributed by atoms with Crippen molar-refractivity contribution in [2.24, 2.45) is 0 Å². The lowest BCUT2D eigenvalue weighted by Crippen LogP contribution is -1.88. The molecule has 0 aliphatic carbocycles. The number of halogens is 2. The molecule has 0 radical (unpaired) electrons. The van der Waals surface area contributed by atoms with E-state index in [-0.39, 0.29) is 0 Å². The topological polar surface area (TPSA) is 12.9 Å². The number of fused-ring (bicyclic) bond motifs is 3. The Hall–Kier alpha value is -2.20. The second-order valence-corrected chi connectivity index (χ2v) is 8.76. The van der Waals surface area contributed by atoms with E-state index in [1.807, 2.05) is 18.2 Å². The van der Waals surface area contributed by atoms with Crippen molar-refractivity contribution in [2.75, 3.05) is 0 Å². The Labute approximate surface area is 174 Å². The highest BCUT2D eigenvalue weighted by atomic mass is 79.9. The number of pyridine rings is 1. The van der Waals surface area contributed by atoms with Crippen molar-refractivity contribution in [1.29, 1.82) is 0 Å². The third-order valence-corrected chi connectivity index (χ3v) is 6.44. The number of thiophene rings is 1. The number of nitrogens with zero attached hydrogens (tertiary/aromatic N) is 1. The SMILES string of the molecule is Clc1cc(Br)cc(-c2cc(-c3ccccc3)c3sc4ccccc4c3n2)c1. The van der Waals surface area contributed by atoms with Gasteiger partial charge in [0.05, 0.1) is 15.9 Å². The lowest BCUT2D eigenvalue weighted by molar-refractivity contribution is 1.41. The molecule has 1 nitrogen and oxygen atoms in total. The molecular formula is C23H13BrClNS. The zero-order chi connectivity index (χ0) is 18.4. The van der Waals surface area contributed by atoms with Crippen molar-refractivity contribution in [3.63, 3.8) is 0 Å². The molecule has 2 heterocycles. The van der Waals surface area contributed by atoms with Gasteiger partial charge in [-0.1, -0.05) is 76.1 Å². The van der Waals surface area contributed by atoms with E-state index in [9.17, 15) is 0 Å². The third kappa shape index (κ3) is 3.06. The van der Waals surface area contributed by atoms with Gasteiger partial charge in [0.25, 0.3) is 0 Å². The second-order valence-electron chi connectivity index (χ2n) is 6.36. The highest BCUT2D eigenvalue weighted by Gasteiger charge is 2.15. The van der Waals surface area contributed by atoms with Gasteiger partial charge < -0.3 is 0 Å². The fourth-order valence-corrected chi connectivity index (χ4v) is 5.40. The smallest absolute Gasteiger partial charge is 0.0902 e. The minimum atomic E-state index is 0.692. The lowest BCUT2D eigenvalue weighted by atomic mass is 10.0. The molecule has 0 bridgehead atoms. The molecule has 0 N–H and O–H groups in total. The Morgan fingerprint density at radius 3 is 2.41 bits per heavy atom. The summed E-state index contributed by atoms with van der Waals surface area (Å²) in [5.41, 5.74) is 5.37. The molecule has 0 saturated carbocycles. The van der Waals surface area contributed by atoms with E-state index in [1.54, 1.807) is 11.3 Å². The Morgan fingerprint density at radius 2 is 1.59 bits per heavy atom. The van der Waals surface area contributed by atoms with Crippen LogP contribution in [0, 0.1) is 0 Å². The largest absolute Gasteiger partial charge is 0.246 e. The summed E-state index contributed by atoms with van der Waals surface area (Å²) < 4.78 is 3.41. The van der Waals surface area contributed by atoms with E-state index < -0.39 is 0 Å². The normalized spacial score (nSPS) is 11.3. The third-order valence-electron chi connectivity index (χ3n) is 4.57. The molecule has 5 rings (SSSR count). The molecule has 5 aromatic rings. The van der Waals surface area contributed by atoms with Crippen LogP contribution < -0.4 is 0 Å². The first-order valence-corrected chi connectivity index (χ1v) is 10.5. The summed E-state index contributed by atoms with van der Waals surface area (Å²) in [5.74, 6) is 0. The van der Waals surface area contributed by atoms with Crippen molar-refractivity contribution in [2.45, 2.75) is 0 Å². The van der Waals surface area contributed by atoms with Crippen LogP contribution in [-0.2, 0) is 0 Å². The van der Waals surface area contributed by atoms with E-state index in [4.69, 9.17) is 16.6 Å². The monoisotopic (exact) mass is 449 g/mol. The van der Waals surface area contributed by atoms with Crippen LogP contribution in [0.3, 0.4) is 0 Å². The summed E-state index contributed by atoms with van der Waals surface area (Å²) in [5, 5.41) is 1.88. The maximum Gasteiger partial charge on any atom is 0.0902 e. The lowest BCUT2D eigenvalue weighted by Gasteiger charge is -2.09. The summed E-state index contributed by atoms with van der Waals surface area (Å²) in [4.78, 5) is 5.03. The van der Waals surface area contributed by atoms with Crippen LogP contribution in [0.15, 0.2) is 83.3 Å². The maximum atomic E-state index is 6.29. The van der Waals surface area contributed by atoms with Crippen LogP contribution in [0.4, 0.5) is 0 Å². The zero-order valence-corrected chi connectivity index (χ0v) is 17.3. The Balaban J connectivity index is 1.88. The summed E-state index contributed by atoms with van der Waals surface area (Å²) >= 11 is 11.6. The average Bonchev–Trinajstić information content (AvgIpc) is 3.06. The van der Waals surface area contributed by atoms with Gasteiger partial charge in [0.1, 0.15) is 0 Å². The first-order valence-electron chi connectivity index (χ1n) is 8.53. The van der Waals surface area contributed by atoms with Gasteiger partial charge in [0, 0.05) is 30.7 Å². The van der Waals surface area contributed by atoms with Gasteiger partial charge in [-0.25, -0.2) is 4.98 Å². The van der Waals surface area contributed by atoms with Crippen molar-refractivity contribution in [3.8, 4) is 22.4 Å². The molecule has 3 aromatic carbocycles. The number of rotatable bonds is 2. The molecule has 0 aliphatic rings. The molecule has 27 heavy (non-hydrogen) atoms. The van der Waals surface area contributed by atoms with Gasteiger partial charge >= 0.3 is 0 Å². The summed E-state index contributed by atoms with van der Waals surface area (Å²) in [6.45, 7) is 0. The fourth-order valence-electron chi connectivity index (χ4n) is 3.36. The van der Waals surface area contributed by atoms with Crippen LogP contribution in [0.2, 0.25) is 5.02 Å². The van der Waals surface area contributed by atoms with Crippen molar-refractivity contribution in [3.05, 3.63) is 88.4 Å². The number of hydrogen-bond acceptors (Lipinski definition) is 2. The van der Waals surface area contributed by atoms with E-state index in [0.717, 1.165) is 21.2 Å². The van der Waals surface area contributed by atoms with Crippen molar-refractivity contribution < 1.29 is 0 Å². The van der Waals surface area contributed by atoms with Crippen LogP contribution in [0.1, 0.15) is 0 Å². The van der Waals surface area contributed by atoms with Gasteiger partial charge in [-0.3, -0.25) is 0 Å². The summed E-state index contributed by atoms with van der Waals surface area (Å²) in [6, 6.07) is 27.0. The highest BCUT2D eigenvalue weighted by molar-refractivity contribution is 9.10. The van der Waals surface area contributed by atoms with Gasteiger partial charge in [-0.05, 0) is 35.9 Å². The Bertz CT molecular complexity index is 1270. The van der Waals surface area contributed by atoms with Crippen molar-refractivity contribution >= 4 is 59.2 Å². The molecule has 0 saturated heterocycles. The van der Waals surface area contributed by atoms with Gasteiger partial charge in [0.2, 0.25) is 0 Å². The molecule has 0 spiro atoms. The molecule has 0 fully saturated rings. The Morgan fingerprint density at radius 1 is 0.815 bits per heavy atom. The van der Waals surface area contributed by atoms with E-state index in [0.29, 0.717) is 5.02 Å². The first-order chi connectivity index (χ1) is 13.2. The van der Waals surface area contributed by atoms with Crippen LogP contribution in [0.5, 0.6) is 0 Å². The Kier molecular flexibility index (Phi) is 4.24. The standard InChI is InChI=1S/C23H13BrClNS/c24-16-10-15(11-17(25)12-16)20-13-19(14-6-2-1-3-7-14)23-22(26-20)18-8-4-5-9-21(18)27-23/h1-13H. The predicted octanol–water partition coefficient (Wildman–Crippen LogP) is 8.20. The molecule has 0 amide bonds. The number of hydrogen-bond donors (Lipinski definition) is 0. The van der Waals surface area contributed by atoms with Crippen LogP contribution >= 0.6 is 38.9 Å². The van der Waals surface area contributed by atoms with E-state index in [1.165, 1.54) is 25.9 Å². The molecule has 2 aromatic heterocycles. The molecule has 4 heteroatoms. The molecule has 0 aliphatic heterocycles. The van der Waals surface area contributed by atoms with Gasteiger partial charge in [-0.2, -0.15) is 0 Å². The fraction of sp³-hybridized carbons (Fsp3) is 0. The predicted molar refractivity (Wildman–Crippen MR) is 121 cm³/mol. The first kappa shape index (κ1) is 16.9. The highest BCUT2D eigenvalue weighted by Crippen LogP contribution is 2.41. The number of aromatic nitrogens is 1. The minimum absolute atomic E-state index is 0.692. The molecule has 0 atom stereocenters. The quantitative estimate of drug-likeness (QED) is 0.264. The average molecular weight is 451 g/mol. The van der Waals surface area contributed by atoms with Crippen molar-refractivity contribution in [1.82, 2.24) is 4.98 Å². The van der Waals surface area contributed by atoms with Crippen LogP contribution in [-0.4, -0.2) is 4.98 Å². The maximum absolute atomic E-state index is 6.29. The molecule has 130 valence electrons. The van der Waals surface area contributed by atoms with Crippen LogP contribution in [0.25, 0.3) is 42.7 Å². The zero-order valence-electron chi connectivity index (χ0n) is 14.1. The minimum Gasteiger partial charge on any atom is -0.246 e. The second kappa shape index (κ2) is 6.75. The summed E-state index contributed by atoms with van der Waals surface area (Å²) in [6.07, 6.45) is 0. The van der Waals surface area contributed by atoms with Gasteiger partial charge in [0.15, 0.2) is 0 Å². The molecular weight excluding hydrogens is 438 g/mol. The van der Waals surface area contributed by atoms with E-state index in [2.05, 4.69) is 76.6 Å². The van der Waals surface area contributed by atoms with Gasteiger partial charge in [-0.15, -0.1) is 11.3 Å².